The monoisotopic (exact) mass is 551 g/mol. The third kappa shape index (κ3) is 7.60. The molecule has 8 nitrogen and oxygen atoms in total. The number of anilines is 1. The van der Waals surface area contributed by atoms with E-state index in [1.54, 1.807) is 18.8 Å². The molecule has 36 heavy (non-hydrogen) atoms. The largest absolute Gasteiger partial charge is 1.00 e. The molecule has 16 heteroatoms. The van der Waals surface area contributed by atoms with E-state index in [4.69, 9.17) is 0 Å². The number of rotatable bonds is 6. The number of aromatic nitrogens is 2. The summed E-state index contributed by atoms with van der Waals surface area (Å²) in [6.45, 7) is 1.08. The minimum atomic E-state index is -5.09. The Morgan fingerprint density at radius 1 is 1.14 bits per heavy atom. The molecule has 1 aliphatic heterocycles. The normalized spacial score (nSPS) is 17.4. The van der Waals surface area contributed by atoms with Crippen molar-refractivity contribution in [1.29, 1.82) is 0 Å². The molecule has 1 amide bonds. The van der Waals surface area contributed by atoms with Gasteiger partial charge in [0.2, 0.25) is 5.91 Å². The number of amides is 1. The van der Waals surface area contributed by atoms with Crippen LogP contribution in [-0.4, -0.2) is 55.2 Å². The Kier molecular flexibility index (Phi) is 9.54. The number of hydrogen-bond acceptors (Lipinski definition) is 5. The maximum atomic E-state index is 13.2. The Morgan fingerprint density at radius 2 is 1.72 bits per heavy atom. The molecule has 0 radical (unpaired) electrons. The van der Waals surface area contributed by atoms with Crippen LogP contribution in [0.5, 0.6) is 0 Å². The van der Waals surface area contributed by atoms with Gasteiger partial charge in [0.25, 0.3) is 0 Å². The summed E-state index contributed by atoms with van der Waals surface area (Å²) >= 11 is 0. The zero-order chi connectivity index (χ0) is 26.2. The summed E-state index contributed by atoms with van der Waals surface area (Å²) in [4.78, 5) is 14.4. The van der Waals surface area contributed by atoms with Crippen LogP contribution in [0.25, 0.3) is 0 Å². The van der Waals surface area contributed by atoms with Crippen molar-refractivity contribution in [2.24, 2.45) is 7.05 Å². The number of likely N-dealkylation sites (N-methyl/N-ethyl adjacent to an activating group) is 1. The zero-order valence-corrected chi connectivity index (χ0v) is 22.5. The van der Waals surface area contributed by atoms with E-state index in [0.29, 0.717) is 31.5 Å². The van der Waals surface area contributed by atoms with Crippen molar-refractivity contribution in [1.82, 2.24) is 19.4 Å². The first-order chi connectivity index (χ1) is 16.1. The Labute approximate surface area is 227 Å². The van der Waals surface area contributed by atoms with Crippen molar-refractivity contribution in [3.05, 3.63) is 47.3 Å². The van der Waals surface area contributed by atoms with Gasteiger partial charge in [0.1, 0.15) is 0 Å². The SMILES string of the molecule is CN1CCCC(N(c2cnn(C)c2)S(=O)(=O)NC(=O)Cc2cc(C(F)(F)F)cc(C(F)(F)F)c2)C1.[H-].[Na+]. The topological polar surface area (TPSA) is 87.5 Å². The molecule has 0 aliphatic carbocycles. The van der Waals surface area contributed by atoms with Crippen molar-refractivity contribution in [2.75, 3.05) is 24.4 Å². The standard InChI is InChI=1S/C20H23F6N5O3S.Na.H/c1-29-5-3-4-16(11-29)31(17-10-27-30(2)12-17)35(33,34)28-18(32)8-13-6-14(19(21,22)23)9-15(7-13)20(24,25)26;;/h6-7,9-10,12,16H,3-5,8,11H2,1-2H3,(H,28,32);;/q;+1;-1. The van der Waals surface area contributed by atoms with Crippen molar-refractivity contribution < 1.29 is 70.5 Å². The van der Waals surface area contributed by atoms with Gasteiger partial charge in [-0.2, -0.15) is 39.9 Å². The molecule has 0 bridgehead atoms. The Morgan fingerprint density at radius 3 is 2.19 bits per heavy atom. The van der Waals surface area contributed by atoms with Crippen LogP contribution in [0.3, 0.4) is 0 Å². The van der Waals surface area contributed by atoms with Gasteiger partial charge in [0, 0.05) is 19.8 Å². The first-order valence-electron chi connectivity index (χ1n) is 10.4. The third-order valence-electron chi connectivity index (χ3n) is 5.39. The summed E-state index contributed by atoms with van der Waals surface area (Å²) in [6.07, 6.45) is -7.37. The second-order valence-corrected chi connectivity index (χ2v) is 9.90. The molecule has 1 unspecified atom stereocenters. The molecule has 0 spiro atoms. The maximum absolute atomic E-state index is 13.2. The fraction of sp³-hybridized carbons (Fsp3) is 0.500. The predicted octanol–water partition coefficient (Wildman–Crippen LogP) is 0.0785. The van der Waals surface area contributed by atoms with E-state index in [9.17, 15) is 39.6 Å². The van der Waals surface area contributed by atoms with Crippen molar-refractivity contribution in [3.63, 3.8) is 0 Å². The summed E-state index contributed by atoms with van der Waals surface area (Å²) in [5.74, 6) is -1.28. The van der Waals surface area contributed by atoms with E-state index in [0.717, 1.165) is 10.8 Å². The molecule has 1 atom stereocenters. The molecule has 1 fully saturated rings. The van der Waals surface area contributed by atoms with Crippen LogP contribution in [0, 0.1) is 0 Å². The van der Waals surface area contributed by atoms with Crippen LogP contribution < -0.4 is 38.6 Å². The summed E-state index contributed by atoms with van der Waals surface area (Å²) in [5.41, 5.74) is -3.67. The first kappa shape index (κ1) is 30.4. The fourth-order valence-electron chi connectivity index (χ4n) is 3.93. The number of carbonyl (C=O) groups is 1. The van der Waals surface area contributed by atoms with E-state index in [1.165, 1.54) is 17.1 Å². The van der Waals surface area contributed by atoms with Crippen LogP contribution >= 0.6 is 0 Å². The molecular formula is C20H24F6N5NaO3S. The smallest absolute Gasteiger partial charge is 1.00 e. The van der Waals surface area contributed by atoms with E-state index in [2.05, 4.69) is 5.10 Å². The molecule has 0 saturated carbocycles. The van der Waals surface area contributed by atoms with Crippen LogP contribution in [0.2, 0.25) is 0 Å². The quantitative estimate of drug-likeness (QED) is 0.406. The number of benzene rings is 1. The van der Waals surface area contributed by atoms with Crippen molar-refractivity contribution >= 4 is 21.8 Å². The molecule has 2 aromatic rings. The van der Waals surface area contributed by atoms with Gasteiger partial charge in [0.15, 0.2) is 0 Å². The van der Waals surface area contributed by atoms with E-state index >= 15 is 0 Å². The number of alkyl halides is 6. The minimum absolute atomic E-state index is 0. The van der Waals surface area contributed by atoms with Crippen LogP contribution in [0.4, 0.5) is 32.0 Å². The summed E-state index contributed by atoms with van der Waals surface area (Å²) in [7, 11) is -1.21. The first-order valence-corrected chi connectivity index (χ1v) is 11.8. The molecule has 1 aromatic carbocycles. The second kappa shape index (κ2) is 11.3. The van der Waals surface area contributed by atoms with Gasteiger partial charge in [-0.05, 0) is 50.2 Å². The average Bonchev–Trinajstić information content (AvgIpc) is 3.11. The molecule has 1 aliphatic rings. The number of nitrogens with zero attached hydrogens (tertiary/aromatic N) is 4. The number of carbonyl (C=O) groups excluding carboxylic acids is 1. The van der Waals surface area contributed by atoms with Crippen LogP contribution in [0.15, 0.2) is 30.6 Å². The van der Waals surface area contributed by atoms with Crippen LogP contribution in [0.1, 0.15) is 31.0 Å². The van der Waals surface area contributed by atoms with Gasteiger partial charge in [0.05, 0.1) is 35.5 Å². The van der Waals surface area contributed by atoms with Gasteiger partial charge in [-0.15, -0.1) is 0 Å². The molecule has 2 heterocycles. The van der Waals surface area contributed by atoms with Gasteiger partial charge >= 0.3 is 52.1 Å². The van der Waals surface area contributed by atoms with E-state index in [1.807, 2.05) is 4.90 Å². The third-order valence-corrected chi connectivity index (χ3v) is 6.90. The summed E-state index contributed by atoms with van der Waals surface area (Å²) in [6, 6.07) is 0.128. The fourth-order valence-corrected chi connectivity index (χ4v) is 5.33. The van der Waals surface area contributed by atoms with Gasteiger partial charge in [-0.25, -0.2) is 9.03 Å². The van der Waals surface area contributed by atoms with E-state index in [-0.39, 0.29) is 42.7 Å². The maximum Gasteiger partial charge on any atom is 1.00 e. The molecular weight excluding hydrogens is 527 g/mol. The van der Waals surface area contributed by atoms with Crippen LogP contribution in [-0.2, 0) is 40.8 Å². The molecule has 1 saturated heterocycles. The Hall–Kier alpha value is -1.81. The van der Waals surface area contributed by atoms with Gasteiger partial charge < -0.3 is 6.33 Å². The molecule has 1 N–H and O–H groups in total. The predicted molar refractivity (Wildman–Crippen MR) is 115 cm³/mol. The number of nitrogens with one attached hydrogen (secondary N) is 1. The van der Waals surface area contributed by atoms with Gasteiger partial charge in [-0.1, -0.05) is 0 Å². The number of piperidine rings is 1. The number of halogens is 6. The summed E-state index contributed by atoms with van der Waals surface area (Å²) < 4.78 is 109. The van der Waals surface area contributed by atoms with E-state index < -0.39 is 57.6 Å². The minimum Gasteiger partial charge on any atom is -1.00 e. The molecule has 3 rings (SSSR count). The Balaban J connectivity index is 0.00000342. The number of likely N-dealkylation sites (tertiary alicyclic amines) is 1. The zero-order valence-electron chi connectivity index (χ0n) is 20.7. The summed E-state index contributed by atoms with van der Waals surface area (Å²) in [5, 5.41) is 3.95. The Bertz CT molecular complexity index is 1160. The van der Waals surface area contributed by atoms with Gasteiger partial charge in [-0.3, -0.25) is 9.48 Å². The van der Waals surface area contributed by atoms with Crippen molar-refractivity contribution in [3.8, 4) is 0 Å². The average molecular weight is 551 g/mol. The number of aryl methyl sites for hydroxylation is 1. The van der Waals surface area contributed by atoms with Crippen molar-refractivity contribution in [2.45, 2.75) is 37.7 Å². The number of hydrogen-bond donors (Lipinski definition) is 1. The molecule has 196 valence electrons. The second-order valence-electron chi connectivity index (χ2n) is 8.35. The molecule has 1 aromatic heterocycles.